The fourth-order valence-electron chi connectivity index (χ4n) is 2.90. The fourth-order valence-corrected chi connectivity index (χ4v) is 2.90. The van der Waals surface area contributed by atoms with Gasteiger partial charge in [-0.1, -0.05) is 60.2 Å². The van der Waals surface area contributed by atoms with Gasteiger partial charge in [0.1, 0.15) is 6.04 Å². The molecule has 0 bridgehead atoms. The van der Waals surface area contributed by atoms with Crippen molar-refractivity contribution in [1.29, 1.82) is 0 Å². The van der Waals surface area contributed by atoms with Gasteiger partial charge in [0.05, 0.1) is 17.9 Å². The van der Waals surface area contributed by atoms with Crippen LogP contribution in [0, 0.1) is 6.92 Å². The predicted molar refractivity (Wildman–Crippen MR) is 98.7 cm³/mol. The van der Waals surface area contributed by atoms with E-state index in [0.29, 0.717) is 17.9 Å². The molecule has 1 aliphatic rings. The highest BCUT2D eigenvalue weighted by Gasteiger charge is 2.31. The third-order valence-corrected chi connectivity index (χ3v) is 3.98. The standard InChI is InChI=1S/C20H21N3O2/c1-3-25-19(24)16-17(14-9-5-4-6-10-14)22-20(21)23-18(16)15-11-7-8-13(2)12-15/h4-12,18H,3H2,1-2H3,(H3,21,22,23). The molecule has 1 atom stereocenters. The number of nitrogens with one attached hydrogen (secondary N) is 1. The van der Waals surface area contributed by atoms with Crippen LogP contribution >= 0.6 is 0 Å². The van der Waals surface area contributed by atoms with Crippen molar-refractivity contribution >= 4 is 17.6 Å². The maximum Gasteiger partial charge on any atom is 0.338 e. The number of carbonyl (C=O) groups is 1. The molecule has 3 rings (SSSR count). The van der Waals surface area contributed by atoms with Gasteiger partial charge in [0.15, 0.2) is 5.96 Å². The Kier molecular flexibility index (Phi) is 4.84. The van der Waals surface area contributed by atoms with Gasteiger partial charge in [-0.2, -0.15) is 0 Å². The number of ether oxygens (including phenoxy) is 1. The summed E-state index contributed by atoms with van der Waals surface area (Å²) in [5.41, 5.74) is 9.98. The zero-order valence-electron chi connectivity index (χ0n) is 14.3. The summed E-state index contributed by atoms with van der Waals surface area (Å²) in [5, 5.41) is 3.04. The molecule has 2 aromatic rings. The Labute approximate surface area is 147 Å². The Bertz CT molecular complexity index is 841. The van der Waals surface area contributed by atoms with Crippen molar-refractivity contribution in [2.75, 3.05) is 6.61 Å². The van der Waals surface area contributed by atoms with E-state index >= 15 is 0 Å². The van der Waals surface area contributed by atoms with E-state index in [0.717, 1.165) is 16.7 Å². The first-order chi connectivity index (χ1) is 12.1. The molecule has 1 aliphatic heterocycles. The zero-order valence-corrected chi connectivity index (χ0v) is 14.3. The molecule has 2 aromatic carbocycles. The van der Waals surface area contributed by atoms with E-state index in [2.05, 4.69) is 10.3 Å². The molecule has 0 spiro atoms. The van der Waals surface area contributed by atoms with Crippen LogP contribution in [0.4, 0.5) is 0 Å². The predicted octanol–water partition coefficient (Wildman–Crippen LogP) is 2.93. The number of nitrogens with zero attached hydrogens (tertiary/aromatic N) is 1. The van der Waals surface area contributed by atoms with Crippen LogP contribution in [0.15, 0.2) is 65.2 Å². The van der Waals surface area contributed by atoms with E-state index in [1.165, 1.54) is 0 Å². The lowest BCUT2D eigenvalue weighted by atomic mass is 9.92. The van der Waals surface area contributed by atoms with Gasteiger partial charge in [-0.05, 0) is 25.0 Å². The van der Waals surface area contributed by atoms with Gasteiger partial charge in [0.25, 0.3) is 0 Å². The van der Waals surface area contributed by atoms with Gasteiger partial charge >= 0.3 is 5.97 Å². The average Bonchev–Trinajstić information content (AvgIpc) is 2.62. The fraction of sp³-hybridized carbons (Fsp3) is 0.200. The maximum atomic E-state index is 12.7. The first kappa shape index (κ1) is 16.8. The van der Waals surface area contributed by atoms with Crippen LogP contribution in [0.25, 0.3) is 5.70 Å². The van der Waals surface area contributed by atoms with Gasteiger partial charge in [0, 0.05) is 0 Å². The molecule has 5 heteroatoms. The van der Waals surface area contributed by atoms with Crippen LogP contribution in [-0.2, 0) is 9.53 Å². The molecule has 1 heterocycles. The van der Waals surface area contributed by atoms with Crippen LogP contribution in [0.2, 0.25) is 0 Å². The highest BCUT2D eigenvalue weighted by Crippen LogP contribution is 2.34. The highest BCUT2D eigenvalue weighted by molar-refractivity contribution is 6.04. The second-order valence-corrected chi connectivity index (χ2v) is 5.83. The summed E-state index contributed by atoms with van der Waals surface area (Å²) in [6, 6.07) is 17.0. The third kappa shape index (κ3) is 3.55. The quantitative estimate of drug-likeness (QED) is 0.842. The number of aliphatic imine (C=N–C) groups is 1. The molecule has 3 N–H and O–H groups in total. The van der Waals surface area contributed by atoms with E-state index < -0.39 is 12.0 Å². The van der Waals surface area contributed by atoms with Crippen molar-refractivity contribution in [2.24, 2.45) is 10.7 Å². The second kappa shape index (κ2) is 7.21. The van der Waals surface area contributed by atoms with Gasteiger partial charge in [-0.25, -0.2) is 9.79 Å². The lowest BCUT2D eigenvalue weighted by molar-refractivity contribution is -0.138. The summed E-state index contributed by atoms with van der Waals surface area (Å²) < 4.78 is 5.30. The zero-order chi connectivity index (χ0) is 17.8. The van der Waals surface area contributed by atoms with Crippen LogP contribution in [0.3, 0.4) is 0 Å². The normalized spacial score (nSPS) is 16.9. The monoisotopic (exact) mass is 335 g/mol. The lowest BCUT2D eigenvalue weighted by Gasteiger charge is -2.26. The molecule has 1 unspecified atom stereocenters. The number of benzene rings is 2. The summed E-state index contributed by atoms with van der Waals surface area (Å²) in [6.45, 7) is 4.09. The molecule has 5 nitrogen and oxygen atoms in total. The van der Waals surface area contributed by atoms with E-state index in [1.807, 2.05) is 61.5 Å². The summed E-state index contributed by atoms with van der Waals surface area (Å²) in [5.74, 6) is -0.116. The number of rotatable bonds is 4. The molecule has 0 amide bonds. The first-order valence-electron chi connectivity index (χ1n) is 8.23. The SMILES string of the molecule is CCOC(=O)C1=C(c2ccccc2)NC(N)=NC1c1cccc(C)c1. The summed E-state index contributed by atoms with van der Waals surface area (Å²) >= 11 is 0. The van der Waals surface area contributed by atoms with E-state index in [-0.39, 0.29) is 5.96 Å². The van der Waals surface area contributed by atoms with Gasteiger partial charge in [-0.3, -0.25) is 0 Å². The molecule has 0 saturated carbocycles. The number of esters is 1. The minimum Gasteiger partial charge on any atom is -0.463 e. The molecule has 0 saturated heterocycles. The summed E-state index contributed by atoms with van der Waals surface area (Å²) in [6.07, 6.45) is 0. The molecule has 0 aliphatic carbocycles. The molecule has 0 radical (unpaired) electrons. The molecule has 0 aromatic heterocycles. The molecule has 0 fully saturated rings. The molecular formula is C20H21N3O2. The topological polar surface area (TPSA) is 76.7 Å². The Morgan fingerprint density at radius 1 is 1.20 bits per heavy atom. The van der Waals surface area contributed by atoms with Crippen molar-refractivity contribution in [3.8, 4) is 0 Å². The van der Waals surface area contributed by atoms with Gasteiger partial charge < -0.3 is 15.8 Å². The van der Waals surface area contributed by atoms with Gasteiger partial charge in [-0.15, -0.1) is 0 Å². The smallest absolute Gasteiger partial charge is 0.338 e. The van der Waals surface area contributed by atoms with Crippen molar-refractivity contribution in [3.05, 3.63) is 76.9 Å². The van der Waals surface area contributed by atoms with E-state index in [4.69, 9.17) is 10.5 Å². The van der Waals surface area contributed by atoms with Crippen molar-refractivity contribution in [1.82, 2.24) is 5.32 Å². The number of hydrogen-bond acceptors (Lipinski definition) is 5. The minimum atomic E-state index is -0.504. The molecular weight excluding hydrogens is 314 g/mol. The number of carbonyl (C=O) groups excluding carboxylic acids is 1. The van der Waals surface area contributed by atoms with Crippen LogP contribution < -0.4 is 11.1 Å². The van der Waals surface area contributed by atoms with Crippen LogP contribution in [-0.4, -0.2) is 18.5 Å². The van der Waals surface area contributed by atoms with Crippen molar-refractivity contribution in [3.63, 3.8) is 0 Å². The van der Waals surface area contributed by atoms with Crippen molar-refractivity contribution in [2.45, 2.75) is 19.9 Å². The van der Waals surface area contributed by atoms with Crippen LogP contribution in [0.1, 0.15) is 29.7 Å². The summed E-state index contributed by atoms with van der Waals surface area (Å²) in [7, 11) is 0. The largest absolute Gasteiger partial charge is 0.463 e. The Morgan fingerprint density at radius 3 is 2.64 bits per heavy atom. The minimum absolute atomic E-state index is 0.276. The van der Waals surface area contributed by atoms with Crippen LogP contribution in [0.5, 0.6) is 0 Å². The Balaban J connectivity index is 2.18. The number of nitrogens with two attached hydrogens (primary N) is 1. The number of aryl methyl sites for hydroxylation is 1. The Hall–Kier alpha value is -3.08. The summed E-state index contributed by atoms with van der Waals surface area (Å²) in [4.78, 5) is 17.2. The second-order valence-electron chi connectivity index (χ2n) is 5.83. The number of guanidine groups is 1. The average molecular weight is 335 g/mol. The maximum absolute atomic E-state index is 12.7. The molecule has 128 valence electrons. The third-order valence-electron chi connectivity index (χ3n) is 3.98. The van der Waals surface area contributed by atoms with Gasteiger partial charge in [0.2, 0.25) is 0 Å². The highest BCUT2D eigenvalue weighted by atomic mass is 16.5. The lowest BCUT2D eigenvalue weighted by Crippen LogP contribution is -2.37. The number of hydrogen-bond donors (Lipinski definition) is 2. The van der Waals surface area contributed by atoms with E-state index in [9.17, 15) is 4.79 Å². The van der Waals surface area contributed by atoms with E-state index in [1.54, 1.807) is 6.92 Å². The van der Waals surface area contributed by atoms with Crippen molar-refractivity contribution < 1.29 is 9.53 Å². The molecule has 25 heavy (non-hydrogen) atoms. The first-order valence-corrected chi connectivity index (χ1v) is 8.23. The Morgan fingerprint density at radius 2 is 1.96 bits per heavy atom.